The Morgan fingerprint density at radius 1 is 1.17 bits per heavy atom. The average molecular weight is 393 g/mol. The van der Waals surface area contributed by atoms with E-state index in [1.807, 2.05) is 0 Å². The molecule has 130 valence electrons. The van der Waals surface area contributed by atoms with Crippen molar-refractivity contribution in [3.05, 3.63) is 29.8 Å². The molecule has 1 aromatic rings. The maximum atomic E-state index is 12.5. The maximum Gasteiger partial charge on any atom is 0.276 e. The number of hydrogen-bond donors (Lipinski definition) is 3. The molecule has 0 spiro atoms. The summed E-state index contributed by atoms with van der Waals surface area (Å²) in [5, 5.41) is 7.81. The van der Waals surface area contributed by atoms with E-state index in [0.29, 0.717) is 13.0 Å². The summed E-state index contributed by atoms with van der Waals surface area (Å²) in [6, 6.07) is 5.67. The summed E-state index contributed by atoms with van der Waals surface area (Å²) >= 11 is 16.6. The molecule has 1 aromatic carbocycles. The first-order chi connectivity index (χ1) is 11.3. The van der Waals surface area contributed by atoms with Crippen molar-refractivity contribution in [2.45, 2.75) is 29.1 Å². The van der Waals surface area contributed by atoms with E-state index in [-0.39, 0.29) is 17.2 Å². The van der Waals surface area contributed by atoms with Crippen molar-refractivity contribution in [2.24, 2.45) is 0 Å². The van der Waals surface area contributed by atoms with Gasteiger partial charge in [0.05, 0.1) is 11.3 Å². The Morgan fingerprint density at radius 2 is 1.88 bits per heavy atom. The first-order valence-electron chi connectivity index (χ1n) is 7.35. The summed E-state index contributed by atoms with van der Waals surface area (Å²) in [5.74, 6) is -1.58. The number of rotatable bonds is 3. The fourth-order valence-corrected chi connectivity index (χ4v) is 2.44. The molecular weight excluding hydrogens is 377 g/mol. The van der Waals surface area contributed by atoms with Crippen LogP contribution in [0.4, 0.5) is 5.69 Å². The lowest BCUT2D eigenvalue weighted by atomic mass is 10.1. The number of para-hydroxylation sites is 1. The van der Waals surface area contributed by atoms with Gasteiger partial charge in [-0.15, -0.1) is 0 Å². The van der Waals surface area contributed by atoms with Gasteiger partial charge in [0.25, 0.3) is 15.6 Å². The average Bonchev–Trinajstić information content (AvgIpc) is 2.72. The zero-order valence-electron chi connectivity index (χ0n) is 12.6. The largest absolute Gasteiger partial charge is 0.354 e. The SMILES string of the molecule is O=C(NC1CCCCNC1=O)c1ccccc1NC(=O)C(Cl)(Cl)Cl. The van der Waals surface area contributed by atoms with Crippen molar-refractivity contribution in [3.63, 3.8) is 0 Å². The van der Waals surface area contributed by atoms with E-state index in [1.165, 1.54) is 12.1 Å². The minimum Gasteiger partial charge on any atom is -0.354 e. The molecule has 1 aliphatic rings. The molecule has 1 fully saturated rings. The van der Waals surface area contributed by atoms with E-state index >= 15 is 0 Å². The normalized spacial score (nSPS) is 18.3. The van der Waals surface area contributed by atoms with Crippen LogP contribution in [0.2, 0.25) is 0 Å². The van der Waals surface area contributed by atoms with E-state index in [1.54, 1.807) is 12.1 Å². The molecular formula is C15H16Cl3N3O3. The topological polar surface area (TPSA) is 87.3 Å². The first kappa shape index (κ1) is 18.8. The molecule has 9 heteroatoms. The van der Waals surface area contributed by atoms with Crippen LogP contribution in [0.3, 0.4) is 0 Å². The van der Waals surface area contributed by atoms with Crippen molar-refractivity contribution in [3.8, 4) is 0 Å². The van der Waals surface area contributed by atoms with Gasteiger partial charge in [0.2, 0.25) is 5.91 Å². The lowest BCUT2D eigenvalue weighted by molar-refractivity contribution is -0.122. The monoisotopic (exact) mass is 391 g/mol. The van der Waals surface area contributed by atoms with Crippen LogP contribution in [-0.2, 0) is 9.59 Å². The lowest BCUT2D eigenvalue weighted by Gasteiger charge is -2.18. The predicted octanol–water partition coefficient (Wildman–Crippen LogP) is 2.39. The van der Waals surface area contributed by atoms with Gasteiger partial charge in [0, 0.05) is 6.54 Å². The molecule has 1 heterocycles. The van der Waals surface area contributed by atoms with Crippen molar-refractivity contribution in [1.82, 2.24) is 10.6 Å². The molecule has 0 bridgehead atoms. The molecule has 24 heavy (non-hydrogen) atoms. The number of benzene rings is 1. The van der Waals surface area contributed by atoms with Crippen LogP contribution in [0.5, 0.6) is 0 Å². The smallest absolute Gasteiger partial charge is 0.276 e. The highest BCUT2D eigenvalue weighted by atomic mass is 35.6. The number of amides is 3. The van der Waals surface area contributed by atoms with E-state index in [2.05, 4.69) is 16.0 Å². The van der Waals surface area contributed by atoms with Crippen LogP contribution in [-0.4, -0.2) is 34.1 Å². The Kier molecular flexibility index (Phi) is 6.32. The molecule has 0 aliphatic carbocycles. The number of carbonyl (C=O) groups is 3. The second-order valence-electron chi connectivity index (χ2n) is 5.31. The van der Waals surface area contributed by atoms with E-state index in [0.717, 1.165) is 12.8 Å². The molecule has 0 radical (unpaired) electrons. The van der Waals surface area contributed by atoms with Crippen LogP contribution >= 0.6 is 34.8 Å². The second kappa shape index (κ2) is 8.05. The van der Waals surface area contributed by atoms with Crippen LogP contribution < -0.4 is 16.0 Å². The third kappa shape index (κ3) is 5.00. The van der Waals surface area contributed by atoms with Crippen molar-refractivity contribution < 1.29 is 14.4 Å². The van der Waals surface area contributed by atoms with Gasteiger partial charge in [0.15, 0.2) is 0 Å². The first-order valence-corrected chi connectivity index (χ1v) is 8.48. The Hall–Kier alpha value is -1.50. The number of carbonyl (C=O) groups excluding carboxylic acids is 3. The van der Waals surface area contributed by atoms with Gasteiger partial charge >= 0.3 is 0 Å². The third-order valence-electron chi connectivity index (χ3n) is 3.52. The second-order valence-corrected chi connectivity index (χ2v) is 7.59. The summed E-state index contributed by atoms with van der Waals surface area (Å²) in [6.07, 6.45) is 2.25. The summed E-state index contributed by atoms with van der Waals surface area (Å²) in [7, 11) is 0. The summed E-state index contributed by atoms with van der Waals surface area (Å²) < 4.78 is -2.15. The lowest BCUT2D eigenvalue weighted by Crippen LogP contribution is -2.45. The van der Waals surface area contributed by atoms with Gasteiger partial charge in [-0.1, -0.05) is 46.9 Å². The summed E-state index contributed by atoms with van der Waals surface area (Å²) in [4.78, 5) is 36.2. The fraction of sp³-hybridized carbons (Fsp3) is 0.400. The zero-order valence-corrected chi connectivity index (χ0v) is 14.8. The van der Waals surface area contributed by atoms with Gasteiger partial charge in [-0.25, -0.2) is 0 Å². The maximum absolute atomic E-state index is 12.5. The molecule has 2 rings (SSSR count). The van der Waals surface area contributed by atoms with Crippen molar-refractivity contribution >= 4 is 58.2 Å². The van der Waals surface area contributed by atoms with Gasteiger partial charge in [-0.05, 0) is 31.4 Å². The van der Waals surface area contributed by atoms with Gasteiger partial charge in [-0.3, -0.25) is 14.4 Å². The van der Waals surface area contributed by atoms with Crippen LogP contribution in [0.15, 0.2) is 24.3 Å². The molecule has 0 aromatic heterocycles. The molecule has 1 aliphatic heterocycles. The highest BCUT2D eigenvalue weighted by molar-refractivity contribution is 6.76. The zero-order chi connectivity index (χ0) is 17.7. The number of alkyl halides is 3. The summed E-state index contributed by atoms with van der Waals surface area (Å²) in [6.45, 7) is 0.598. The van der Waals surface area contributed by atoms with E-state index in [4.69, 9.17) is 34.8 Å². The number of anilines is 1. The number of halogens is 3. The molecule has 0 saturated carbocycles. The number of hydrogen-bond acceptors (Lipinski definition) is 3. The third-order valence-corrected chi connectivity index (χ3v) is 4.03. The molecule has 1 atom stereocenters. The Labute approximate surface area is 154 Å². The van der Waals surface area contributed by atoms with Crippen LogP contribution in [0.1, 0.15) is 29.6 Å². The molecule has 1 unspecified atom stereocenters. The van der Waals surface area contributed by atoms with Crippen molar-refractivity contribution in [2.75, 3.05) is 11.9 Å². The van der Waals surface area contributed by atoms with E-state index in [9.17, 15) is 14.4 Å². The van der Waals surface area contributed by atoms with Crippen LogP contribution in [0.25, 0.3) is 0 Å². The Morgan fingerprint density at radius 3 is 2.58 bits per heavy atom. The van der Waals surface area contributed by atoms with Crippen molar-refractivity contribution in [1.29, 1.82) is 0 Å². The fourth-order valence-electron chi connectivity index (χ4n) is 2.30. The van der Waals surface area contributed by atoms with Crippen LogP contribution in [0, 0.1) is 0 Å². The van der Waals surface area contributed by atoms with Gasteiger partial charge in [0.1, 0.15) is 6.04 Å². The minimum atomic E-state index is -2.15. The highest BCUT2D eigenvalue weighted by Gasteiger charge is 2.31. The Balaban J connectivity index is 2.14. The molecule has 1 saturated heterocycles. The van der Waals surface area contributed by atoms with E-state index < -0.39 is 21.6 Å². The number of nitrogens with one attached hydrogen (secondary N) is 3. The molecule has 6 nitrogen and oxygen atoms in total. The molecule has 3 N–H and O–H groups in total. The molecule has 3 amide bonds. The quantitative estimate of drug-likeness (QED) is 0.690. The summed E-state index contributed by atoms with van der Waals surface area (Å²) in [5.41, 5.74) is 0.373. The highest BCUT2D eigenvalue weighted by Crippen LogP contribution is 2.28. The van der Waals surface area contributed by atoms with Gasteiger partial charge in [-0.2, -0.15) is 0 Å². The standard InChI is InChI=1S/C15H16Cl3N3O3/c16-15(17,18)14(24)21-10-6-2-1-5-9(10)12(22)20-11-7-3-4-8-19-13(11)23/h1-2,5-6,11H,3-4,7-8H2,(H,19,23)(H,20,22)(H,21,24). The predicted molar refractivity (Wildman–Crippen MR) is 93.5 cm³/mol. The minimum absolute atomic E-state index is 0.178. The Bertz CT molecular complexity index is 646. The van der Waals surface area contributed by atoms with Gasteiger partial charge < -0.3 is 16.0 Å².